The van der Waals surface area contributed by atoms with Crippen LogP contribution in [0.4, 0.5) is 5.69 Å². The van der Waals surface area contributed by atoms with Crippen LogP contribution in [0.2, 0.25) is 0 Å². The average molecular weight is 249 g/mol. The molecule has 0 aliphatic rings. The minimum atomic E-state index is -0.671. The number of nitrogens with two attached hydrogens (primary N) is 1. The number of amides is 1. The summed E-state index contributed by atoms with van der Waals surface area (Å²) < 4.78 is 0. The second kappa shape index (κ2) is 5.53. The summed E-state index contributed by atoms with van der Waals surface area (Å²) in [7, 11) is 0. The molecule has 0 aromatic heterocycles. The van der Waals surface area contributed by atoms with Gasteiger partial charge in [0, 0.05) is 5.69 Å². The minimum absolute atomic E-state index is 0.102. The maximum Gasteiger partial charge on any atom is 0.234 e. The standard InChI is InChI=1S/C13H19N3O2/c1-7-5-8(2)11(9(3)6-7)15-13(17)10(4)12(14)16-18/h5-6,10,18H,1-4H3,(H2,14,16)(H,15,17). The van der Waals surface area contributed by atoms with Crippen molar-refractivity contribution in [1.82, 2.24) is 0 Å². The first-order chi connectivity index (χ1) is 8.36. The van der Waals surface area contributed by atoms with E-state index in [0.29, 0.717) is 0 Å². The lowest BCUT2D eigenvalue weighted by Crippen LogP contribution is -2.32. The van der Waals surface area contributed by atoms with Gasteiger partial charge in [-0.1, -0.05) is 22.9 Å². The van der Waals surface area contributed by atoms with Crippen molar-refractivity contribution in [3.8, 4) is 0 Å². The third kappa shape index (κ3) is 3.00. The molecule has 1 aromatic carbocycles. The van der Waals surface area contributed by atoms with Crippen molar-refractivity contribution >= 4 is 17.4 Å². The molecular weight excluding hydrogens is 230 g/mol. The van der Waals surface area contributed by atoms with E-state index in [0.717, 1.165) is 22.4 Å². The van der Waals surface area contributed by atoms with Gasteiger partial charge < -0.3 is 16.3 Å². The first-order valence-electron chi connectivity index (χ1n) is 5.73. The van der Waals surface area contributed by atoms with Crippen molar-refractivity contribution in [1.29, 1.82) is 0 Å². The van der Waals surface area contributed by atoms with Crippen LogP contribution in [0.5, 0.6) is 0 Å². The average Bonchev–Trinajstić information content (AvgIpc) is 2.31. The van der Waals surface area contributed by atoms with Crippen LogP contribution in [0.15, 0.2) is 17.3 Å². The molecule has 1 rings (SSSR count). The van der Waals surface area contributed by atoms with Crippen LogP contribution < -0.4 is 11.1 Å². The summed E-state index contributed by atoms with van der Waals surface area (Å²) in [6, 6.07) is 3.99. The molecule has 4 N–H and O–H groups in total. The Bertz CT molecular complexity index is 472. The number of hydrogen-bond donors (Lipinski definition) is 3. The second-order valence-corrected chi connectivity index (χ2v) is 4.51. The summed E-state index contributed by atoms with van der Waals surface area (Å²) in [5.41, 5.74) is 9.32. The molecule has 5 heteroatoms. The van der Waals surface area contributed by atoms with Crippen LogP contribution in [-0.2, 0) is 4.79 Å². The minimum Gasteiger partial charge on any atom is -0.409 e. The number of amidine groups is 1. The van der Waals surface area contributed by atoms with Crippen molar-refractivity contribution in [2.75, 3.05) is 5.32 Å². The SMILES string of the molecule is Cc1cc(C)c(NC(=O)C(C)C(N)=NO)c(C)c1. The molecule has 0 fully saturated rings. The largest absolute Gasteiger partial charge is 0.409 e. The zero-order chi connectivity index (χ0) is 13.9. The summed E-state index contributed by atoms with van der Waals surface area (Å²) in [6.45, 7) is 7.46. The maximum absolute atomic E-state index is 11.9. The van der Waals surface area contributed by atoms with E-state index in [9.17, 15) is 4.79 Å². The number of carbonyl (C=O) groups is 1. The lowest BCUT2D eigenvalue weighted by atomic mass is 10.0. The van der Waals surface area contributed by atoms with E-state index < -0.39 is 5.92 Å². The molecule has 5 nitrogen and oxygen atoms in total. The van der Waals surface area contributed by atoms with Gasteiger partial charge in [-0.25, -0.2) is 0 Å². The molecule has 0 aliphatic carbocycles. The van der Waals surface area contributed by atoms with Gasteiger partial charge in [-0.05, 0) is 38.8 Å². The van der Waals surface area contributed by atoms with Gasteiger partial charge in [-0.3, -0.25) is 4.79 Å². The molecule has 98 valence electrons. The van der Waals surface area contributed by atoms with Crippen LogP contribution in [0.1, 0.15) is 23.6 Å². The summed E-state index contributed by atoms with van der Waals surface area (Å²) >= 11 is 0. The molecule has 0 radical (unpaired) electrons. The van der Waals surface area contributed by atoms with Crippen LogP contribution in [0.3, 0.4) is 0 Å². The van der Waals surface area contributed by atoms with Crippen molar-refractivity contribution < 1.29 is 10.0 Å². The highest BCUT2D eigenvalue weighted by Crippen LogP contribution is 2.22. The molecule has 0 saturated heterocycles. The van der Waals surface area contributed by atoms with E-state index in [1.807, 2.05) is 32.9 Å². The molecule has 0 saturated carbocycles. The van der Waals surface area contributed by atoms with Crippen LogP contribution >= 0.6 is 0 Å². The number of aryl methyl sites for hydroxylation is 3. The van der Waals surface area contributed by atoms with Crippen LogP contribution in [0, 0.1) is 26.7 Å². The number of carbonyl (C=O) groups excluding carboxylic acids is 1. The molecule has 0 bridgehead atoms. The van der Waals surface area contributed by atoms with Gasteiger partial charge in [0.2, 0.25) is 5.91 Å². The number of anilines is 1. The topological polar surface area (TPSA) is 87.7 Å². The Hall–Kier alpha value is -2.04. The Morgan fingerprint density at radius 3 is 2.28 bits per heavy atom. The number of benzene rings is 1. The fraction of sp³-hybridized carbons (Fsp3) is 0.385. The lowest BCUT2D eigenvalue weighted by molar-refractivity contribution is -0.117. The van der Waals surface area contributed by atoms with Gasteiger partial charge in [-0.2, -0.15) is 0 Å². The number of hydrogen-bond acceptors (Lipinski definition) is 3. The second-order valence-electron chi connectivity index (χ2n) is 4.51. The van der Waals surface area contributed by atoms with Gasteiger partial charge >= 0.3 is 0 Å². The molecular formula is C13H19N3O2. The molecule has 1 atom stereocenters. The van der Waals surface area contributed by atoms with Crippen molar-refractivity contribution in [2.45, 2.75) is 27.7 Å². The van der Waals surface area contributed by atoms with Crippen molar-refractivity contribution in [3.05, 3.63) is 28.8 Å². The summed E-state index contributed by atoms with van der Waals surface area (Å²) in [5.74, 6) is -1.06. The van der Waals surface area contributed by atoms with Gasteiger partial charge in [0.1, 0.15) is 0 Å². The van der Waals surface area contributed by atoms with E-state index in [-0.39, 0.29) is 11.7 Å². The first kappa shape index (κ1) is 14.0. The Morgan fingerprint density at radius 2 is 1.83 bits per heavy atom. The van der Waals surface area contributed by atoms with Crippen LogP contribution in [0.25, 0.3) is 0 Å². The normalized spacial score (nSPS) is 13.2. The maximum atomic E-state index is 11.9. The monoisotopic (exact) mass is 249 g/mol. The van der Waals surface area contributed by atoms with Gasteiger partial charge in [0.15, 0.2) is 5.84 Å². The van der Waals surface area contributed by atoms with Crippen molar-refractivity contribution in [2.24, 2.45) is 16.8 Å². The zero-order valence-electron chi connectivity index (χ0n) is 11.1. The summed E-state index contributed by atoms with van der Waals surface area (Å²) in [5, 5.41) is 14.2. The quantitative estimate of drug-likeness (QED) is 0.331. The number of nitrogens with zero attached hydrogens (tertiary/aromatic N) is 1. The highest BCUT2D eigenvalue weighted by molar-refractivity contribution is 6.07. The van der Waals surface area contributed by atoms with E-state index in [4.69, 9.17) is 10.9 Å². The molecule has 1 amide bonds. The first-order valence-corrected chi connectivity index (χ1v) is 5.73. The smallest absolute Gasteiger partial charge is 0.234 e. The van der Waals surface area contributed by atoms with Crippen molar-refractivity contribution in [3.63, 3.8) is 0 Å². The predicted molar refractivity (Wildman–Crippen MR) is 71.9 cm³/mol. The Kier molecular flexibility index (Phi) is 4.31. The Balaban J connectivity index is 2.96. The predicted octanol–water partition coefficient (Wildman–Crippen LogP) is 1.93. The highest BCUT2D eigenvalue weighted by atomic mass is 16.4. The van der Waals surface area contributed by atoms with E-state index in [2.05, 4.69) is 10.5 Å². The number of rotatable bonds is 3. The number of oxime groups is 1. The molecule has 1 aromatic rings. The van der Waals surface area contributed by atoms with Gasteiger partial charge in [0.25, 0.3) is 0 Å². The molecule has 0 aliphatic heterocycles. The summed E-state index contributed by atoms with van der Waals surface area (Å²) in [4.78, 5) is 11.9. The fourth-order valence-electron chi connectivity index (χ4n) is 1.83. The molecule has 0 heterocycles. The third-order valence-corrected chi connectivity index (χ3v) is 2.88. The molecule has 0 spiro atoms. The fourth-order valence-corrected chi connectivity index (χ4v) is 1.83. The van der Waals surface area contributed by atoms with Crippen LogP contribution in [-0.4, -0.2) is 17.0 Å². The summed E-state index contributed by atoms with van der Waals surface area (Å²) in [6.07, 6.45) is 0. The Labute approximate surface area is 107 Å². The third-order valence-electron chi connectivity index (χ3n) is 2.88. The number of nitrogens with one attached hydrogen (secondary N) is 1. The van der Waals surface area contributed by atoms with E-state index in [1.54, 1.807) is 6.92 Å². The van der Waals surface area contributed by atoms with E-state index in [1.165, 1.54) is 0 Å². The molecule has 18 heavy (non-hydrogen) atoms. The zero-order valence-corrected chi connectivity index (χ0v) is 11.1. The lowest BCUT2D eigenvalue weighted by Gasteiger charge is -2.15. The van der Waals surface area contributed by atoms with Gasteiger partial charge in [-0.15, -0.1) is 0 Å². The van der Waals surface area contributed by atoms with Gasteiger partial charge in [0.05, 0.1) is 5.92 Å². The van der Waals surface area contributed by atoms with E-state index >= 15 is 0 Å². The molecule has 1 unspecified atom stereocenters. The highest BCUT2D eigenvalue weighted by Gasteiger charge is 2.19. The Morgan fingerprint density at radius 1 is 1.33 bits per heavy atom.